The number of hydrogen-bond donors (Lipinski definition) is 1. The van der Waals surface area contributed by atoms with Crippen LogP contribution in [-0.4, -0.2) is 33.2 Å². The van der Waals surface area contributed by atoms with Gasteiger partial charge in [-0.1, -0.05) is 5.16 Å². The molecule has 0 aliphatic carbocycles. The Morgan fingerprint density at radius 3 is 2.54 bits per heavy atom. The van der Waals surface area contributed by atoms with Gasteiger partial charge in [-0.15, -0.1) is 0 Å². The van der Waals surface area contributed by atoms with Crippen molar-refractivity contribution in [3.05, 3.63) is 29.7 Å². The Morgan fingerprint density at radius 1 is 1.27 bits per heavy atom. The van der Waals surface area contributed by atoms with Crippen molar-refractivity contribution in [1.29, 1.82) is 0 Å². The SMILES string of the molecule is O=C(O)C1CCC(=O)N1c1cc(F)c(-c2noc(C(F)(F)F)n2)cc1F. The lowest BCUT2D eigenvalue weighted by Crippen LogP contribution is -2.39. The van der Waals surface area contributed by atoms with Gasteiger partial charge in [0.2, 0.25) is 11.7 Å². The predicted octanol–water partition coefficient (Wildman–Crippen LogP) is 2.61. The van der Waals surface area contributed by atoms with Gasteiger partial charge in [-0.2, -0.15) is 18.2 Å². The minimum Gasteiger partial charge on any atom is -0.480 e. The average molecular weight is 377 g/mol. The topological polar surface area (TPSA) is 96.5 Å². The van der Waals surface area contributed by atoms with Gasteiger partial charge in [0.15, 0.2) is 0 Å². The highest BCUT2D eigenvalue weighted by Crippen LogP contribution is 2.34. The van der Waals surface area contributed by atoms with Crippen LogP contribution in [-0.2, 0) is 15.8 Å². The van der Waals surface area contributed by atoms with Crippen LogP contribution >= 0.6 is 0 Å². The Bertz CT molecular complexity index is 895. The molecule has 12 heteroatoms. The largest absolute Gasteiger partial charge is 0.480 e. The van der Waals surface area contributed by atoms with Crippen molar-refractivity contribution >= 4 is 17.6 Å². The Morgan fingerprint density at radius 2 is 1.96 bits per heavy atom. The van der Waals surface area contributed by atoms with Crippen molar-refractivity contribution in [1.82, 2.24) is 10.1 Å². The van der Waals surface area contributed by atoms with E-state index in [1.165, 1.54) is 0 Å². The van der Waals surface area contributed by atoms with Crippen molar-refractivity contribution in [2.75, 3.05) is 4.90 Å². The Balaban J connectivity index is 2.03. The molecule has 1 N–H and O–H groups in total. The lowest BCUT2D eigenvalue weighted by molar-refractivity contribution is -0.159. The molecule has 7 nitrogen and oxygen atoms in total. The van der Waals surface area contributed by atoms with E-state index in [9.17, 15) is 31.5 Å². The second-order valence-corrected chi connectivity index (χ2v) is 5.36. The number of aromatic nitrogens is 2. The van der Waals surface area contributed by atoms with E-state index >= 15 is 0 Å². The van der Waals surface area contributed by atoms with Crippen LogP contribution in [0, 0.1) is 11.6 Å². The second-order valence-electron chi connectivity index (χ2n) is 5.36. The number of carboxylic acid groups (broad SMARTS) is 1. The minimum atomic E-state index is -4.96. The fraction of sp³-hybridized carbons (Fsp3) is 0.286. The highest BCUT2D eigenvalue weighted by atomic mass is 19.4. The summed E-state index contributed by atoms with van der Waals surface area (Å²) in [5, 5.41) is 12.0. The molecule has 2 heterocycles. The van der Waals surface area contributed by atoms with E-state index in [0.29, 0.717) is 17.0 Å². The first kappa shape index (κ1) is 17.8. The number of anilines is 1. The van der Waals surface area contributed by atoms with Crippen molar-refractivity contribution in [3.8, 4) is 11.4 Å². The van der Waals surface area contributed by atoms with E-state index in [0.717, 1.165) is 0 Å². The van der Waals surface area contributed by atoms with E-state index in [-0.39, 0.29) is 12.8 Å². The summed E-state index contributed by atoms with van der Waals surface area (Å²) in [6.07, 6.45) is -5.22. The molecule has 3 rings (SSSR count). The molecule has 1 aromatic heterocycles. The first-order valence-electron chi connectivity index (χ1n) is 7.04. The third kappa shape index (κ3) is 2.97. The van der Waals surface area contributed by atoms with Gasteiger partial charge in [0, 0.05) is 12.5 Å². The molecule has 0 saturated carbocycles. The smallest absolute Gasteiger partial charge is 0.471 e. The number of benzene rings is 1. The molecule has 0 bridgehead atoms. The summed E-state index contributed by atoms with van der Waals surface area (Å²) in [7, 11) is 0. The van der Waals surface area contributed by atoms with E-state index < -0.39 is 58.7 Å². The lowest BCUT2D eigenvalue weighted by Gasteiger charge is -2.22. The van der Waals surface area contributed by atoms with Gasteiger partial charge < -0.3 is 9.63 Å². The van der Waals surface area contributed by atoms with Gasteiger partial charge in [0.05, 0.1) is 11.3 Å². The van der Waals surface area contributed by atoms with Crippen LogP contribution in [0.25, 0.3) is 11.4 Å². The third-order valence-corrected chi connectivity index (χ3v) is 3.70. The summed E-state index contributed by atoms with van der Waals surface area (Å²) in [4.78, 5) is 26.5. The zero-order valence-electron chi connectivity index (χ0n) is 12.5. The maximum atomic E-state index is 14.4. The van der Waals surface area contributed by atoms with Crippen LogP contribution in [0.1, 0.15) is 18.7 Å². The number of carbonyl (C=O) groups excluding carboxylic acids is 1. The quantitative estimate of drug-likeness (QED) is 0.826. The van der Waals surface area contributed by atoms with Gasteiger partial charge in [-0.3, -0.25) is 9.69 Å². The van der Waals surface area contributed by atoms with Crippen LogP contribution in [0.5, 0.6) is 0 Å². The highest BCUT2D eigenvalue weighted by Gasteiger charge is 2.40. The summed E-state index contributed by atoms with van der Waals surface area (Å²) in [5.41, 5.74) is -1.37. The van der Waals surface area contributed by atoms with Gasteiger partial charge in [-0.25, -0.2) is 13.6 Å². The zero-order chi connectivity index (χ0) is 19.2. The first-order valence-corrected chi connectivity index (χ1v) is 7.04. The number of rotatable bonds is 3. The molecule has 1 unspecified atom stereocenters. The summed E-state index contributed by atoms with van der Waals surface area (Å²) < 4.78 is 70.0. The Labute approximate surface area is 141 Å². The van der Waals surface area contributed by atoms with Crippen LogP contribution in [0.4, 0.5) is 27.6 Å². The number of hydrogen-bond acceptors (Lipinski definition) is 5. The number of halogens is 5. The summed E-state index contributed by atoms with van der Waals surface area (Å²) in [5.74, 6) is -7.17. The number of alkyl halides is 3. The second kappa shape index (κ2) is 6.04. The maximum Gasteiger partial charge on any atom is 0.471 e. The number of aliphatic carboxylic acids is 1. The van der Waals surface area contributed by atoms with Crippen LogP contribution in [0.3, 0.4) is 0 Å². The molecular weight excluding hydrogens is 369 g/mol. The van der Waals surface area contributed by atoms with Gasteiger partial charge >= 0.3 is 18.0 Å². The molecule has 1 saturated heterocycles. The summed E-state index contributed by atoms with van der Waals surface area (Å²) >= 11 is 0. The van der Waals surface area contributed by atoms with E-state index in [2.05, 4.69) is 14.7 Å². The Kier molecular flexibility index (Phi) is 4.12. The Hall–Kier alpha value is -3.05. The van der Waals surface area contributed by atoms with Crippen LogP contribution < -0.4 is 4.90 Å². The highest BCUT2D eigenvalue weighted by molar-refractivity contribution is 6.02. The number of carbonyl (C=O) groups is 2. The zero-order valence-corrected chi connectivity index (χ0v) is 12.5. The average Bonchev–Trinajstić information content (AvgIpc) is 3.15. The van der Waals surface area contributed by atoms with E-state index in [1.54, 1.807) is 0 Å². The molecule has 1 atom stereocenters. The van der Waals surface area contributed by atoms with Crippen molar-refractivity contribution in [2.45, 2.75) is 25.1 Å². The summed E-state index contributed by atoms with van der Waals surface area (Å²) in [6, 6.07) is -0.391. The van der Waals surface area contributed by atoms with Crippen molar-refractivity contribution < 1.29 is 41.2 Å². The fourth-order valence-electron chi connectivity index (χ4n) is 2.56. The minimum absolute atomic E-state index is 0.0865. The predicted molar refractivity (Wildman–Crippen MR) is 72.8 cm³/mol. The van der Waals surface area contributed by atoms with Crippen molar-refractivity contribution in [3.63, 3.8) is 0 Å². The summed E-state index contributed by atoms with van der Waals surface area (Å²) in [6.45, 7) is 0. The number of carboxylic acids is 1. The molecule has 1 aliphatic heterocycles. The molecule has 1 fully saturated rings. The normalized spacial score (nSPS) is 17.8. The standard InChI is InChI=1S/C14H8F5N3O4/c15-6-4-9(22-8(12(24)25)1-2-10(22)23)7(16)3-5(6)11-20-13(26-21-11)14(17,18)19/h3-4,8H,1-2H2,(H,24,25). The molecule has 138 valence electrons. The van der Waals surface area contributed by atoms with Crippen molar-refractivity contribution in [2.24, 2.45) is 0 Å². The molecular formula is C14H8F5N3O4. The third-order valence-electron chi connectivity index (χ3n) is 3.70. The first-order chi connectivity index (χ1) is 12.1. The number of nitrogens with zero attached hydrogens (tertiary/aromatic N) is 3. The van der Waals surface area contributed by atoms with Gasteiger partial charge in [0.25, 0.3) is 0 Å². The molecule has 1 aromatic carbocycles. The molecule has 1 aliphatic rings. The number of amides is 1. The molecule has 1 amide bonds. The van der Waals surface area contributed by atoms with Crippen LogP contribution in [0.2, 0.25) is 0 Å². The lowest BCUT2D eigenvalue weighted by atomic mass is 10.1. The molecule has 0 spiro atoms. The fourth-order valence-corrected chi connectivity index (χ4v) is 2.56. The maximum absolute atomic E-state index is 14.4. The van der Waals surface area contributed by atoms with Gasteiger partial charge in [0.1, 0.15) is 17.7 Å². The van der Waals surface area contributed by atoms with E-state index in [1.807, 2.05) is 0 Å². The molecule has 26 heavy (non-hydrogen) atoms. The van der Waals surface area contributed by atoms with E-state index in [4.69, 9.17) is 5.11 Å². The molecule has 2 aromatic rings. The molecule has 0 radical (unpaired) electrons. The van der Waals surface area contributed by atoms with Gasteiger partial charge in [-0.05, 0) is 12.5 Å². The van der Waals surface area contributed by atoms with Crippen LogP contribution in [0.15, 0.2) is 16.7 Å². The monoisotopic (exact) mass is 377 g/mol.